The number of hydrogen-bond acceptors (Lipinski definition) is 15. The van der Waals surface area contributed by atoms with Crippen LogP contribution in [0.1, 0.15) is 108 Å². The molecule has 14 rings (SSSR count). The van der Waals surface area contributed by atoms with Crippen molar-refractivity contribution in [1.82, 2.24) is 78.3 Å². The van der Waals surface area contributed by atoms with E-state index in [1.807, 2.05) is 196 Å². The van der Waals surface area contributed by atoms with Gasteiger partial charge in [0.2, 0.25) is 0 Å². The van der Waals surface area contributed by atoms with Crippen LogP contribution in [0.5, 0.6) is 0 Å². The summed E-state index contributed by atoms with van der Waals surface area (Å²) in [5, 5.41) is 29.3. The molecular weight excluding hydrogens is 1270 g/mol. The summed E-state index contributed by atoms with van der Waals surface area (Å²) in [7, 11) is 5.29. The third-order valence-corrected chi connectivity index (χ3v) is 16.9. The highest BCUT2D eigenvalue weighted by Crippen LogP contribution is 2.37. The number of nitrogen functional groups attached to an aromatic ring is 2. The van der Waals surface area contributed by atoms with E-state index in [4.69, 9.17) is 38.8 Å². The highest BCUT2D eigenvalue weighted by molar-refractivity contribution is 6.52. The molecule has 2 atom stereocenters. The van der Waals surface area contributed by atoms with Crippen molar-refractivity contribution in [3.05, 3.63) is 260 Å². The third-order valence-electron chi connectivity index (χ3n) is 16.5. The zero-order chi connectivity index (χ0) is 69.6. The number of benzene rings is 4. The van der Waals surface area contributed by atoms with E-state index in [0.29, 0.717) is 55.2 Å². The minimum absolute atomic E-state index is 0. The van der Waals surface area contributed by atoms with Crippen LogP contribution in [0.3, 0.4) is 0 Å². The van der Waals surface area contributed by atoms with E-state index in [1.165, 1.54) is 9.03 Å². The molecule has 0 unspecified atom stereocenters. The van der Waals surface area contributed by atoms with Gasteiger partial charge in [0.05, 0.1) is 63.2 Å². The minimum atomic E-state index is -0.558. The number of anilines is 2. The number of fused-ring (bicyclic) bond motifs is 4. The number of nitrogens with zero attached hydrogens (tertiary/aromatic N) is 14. The van der Waals surface area contributed by atoms with Crippen molar-refractivity contribution in [1.29, 1.82) is 0 Å². The lowest BCUT2D eigenvalue weighted by Crippen LogP contribution is -2.41. The quantitative estimate of drug-likeness (QED) is 0.0654. The summed E-state index contributed by atoms with van der Waals surface area (Å²) >= 11 is 6.37. The Labute approximate surface area is 576 Å². The molecule has 1 fully saturated rings. The molecule has 27 heteroatoms. The number of para-hydroxylation sites is 2. The lowest BCUT2D eigenvalue weighted by atomic mass is 9.89. The van der Waals surface area contributed by atoms with Crippen LogP contribution in [-0.2, 0) is 30.5 Å². The Hall–Kier alpha value is -11.9. The van der Waals surface area contributed by atoms with E-state index in [9.17, 15) is 19.2 Å². The molecule has 99 heavy (non-hydrogen) atoms. The van der Waals surface area contributed by atoms with Crippen molar-refractivity contribution in [3.63, 3.8) is 0 Å². The summed E-state index contributed by atoms with van der Waals surface area (Å²) in [6.45, 7) is 11.8. The van der Waals surface area contributed by atoms with Crippen LogP contribution in [0.15, 0.2) is 199 Å². The van der Waals surface area contributed by atoms with Crippen molar-refractivity contribution in [2.75, 3.05) is 11.5 Å². The second kappa shape index (κ2) is 29.6. The largest absolute Gasteiger partial charge is 0.487 e. The molecular formula is C72H70B2ClN18O6. The fraction of sp³-hybridized carbons (Fsp3) is 0.181. The van der Waals surface area contributed by atoms with Gasteiger partial charge in [0.25, 0.3) is 22.9 Å². The molecule has 13 aromatic rings. The van der Waals surface area contributed by atoms with Crippen LogP contribution in [-0.4, -0.2) is 106 Å². The second-order valence-electron chi connectivity index (χ2n) is 24.1. The number of halogens is 1. The zero-order valence-electron chi connectivity index (χ0n) is 55.8. The van der Waals surface area contributed by atoms with Gasteiger partial charge in [-0.1, -0.05) is 108 Å². The van der Waals surface area contributed by atoms with Crippen LogP contribution < -0.4 is 33.2 Å². The van der Waals surface area contributed by atoms with Gasteiger partial charge in [0.1, 0.15) is 11.1 Å². The SMILES string of the molecule is C#Cc1cnn(C)c1.C[C@H](NC(=O)c1c(N)nn2cccnc12)c1cc2cccc(/C=C/c3cnn(C)c3)c2c(=O)n1-c1ccccc1.C[C@H](NC(=O)c1c(N)nn2cccnc12)c1cc2cccc(Cl)c2c(=O)n1-c1ccccc1.Cn1cc(/C=C/B2OC(C)(C)C(C)(C)O2)cn1.[B]. The number of carbonyl (C=O) groups is 2. The monoisotopic (exact) mass is 1340 g/mol. The van der Waals surface area contributed by atoms with Gasteiger partial charge in [0, 0.05) is 107 Å². The number of aryl methyl sites for hydroxylation is 3. The maximum absolute atomic E-state index is 14.2. The third kappa shape index (κ3) is 15.2. The molecule has 24 nitrogen and oxygen atoms in total. The predicted octanol–water partition coefficient (Wildman–Crippen LogP) is 9.86. The Bertz CT molecular complexity index is 5320. The Morgan fingerprint density at radius 2 is 1.06 bits per heavy atom. The number of rotatable bonds is 12. The lowest BCUT2D eigenvalue weighted by molar-refractivity contribution is 0.00578. The Morgan fingerprint density at radius 1 is 0.606 bits per heavy atom. The highest BCUT2D eigenvalue weighted by Gasteiger charge is 2.50. The summed E-state index contributed by atoms with van der Waals surface area (Å²) in [6, 6.07) is 35.7. The van der Waals surface area contributed by atoms with Crippen LogP contribution in [0.4, 0.5) is 11.6 Å². The van der Waals surface area contributed by atoms with Gasteiger partial charge in [-0.25, -0.2) is 19.0 Å². The molecule has 0 spiro atoms. The normalized spacial score (nSPS) is 13.6. The molecule has 0 saturated carbocycles. The van der Waals surface area contributed by atoms with Gasteiger partial charge in [0.15, 0.2) is 22.9 Å². The molecule has 1 saturated heterocycles. The van der Waals surface area contributed by atoms with Gasteiger partial charge in [-0.2, -0.15) is 15.3 Å². The number of pyridine rings is 2. The van der Waals surface area contributed by atoms with Crippen LogP contribution in [0, 0.1) is 12.3 Å². The number of amides is 2. The summed E-state index contributed by atoms with van der Waals surface area (Å²) in [5.74, 6) is 3.67. The molecule has 6 N–H and O–H groups in total. The zero-order valence-corrected chi connectivity index (χ0v) is 56.5. The van der Waals surface area contributed by atoms with Crippen molar-refractivity contribution in [2.24, 2.45) is 21.1 Å². The molecule has 0 bridgehead atoms. The summed E-state index contributed by atoms with van der Waals surface area (Å²) in [5.41, 5.74) is 18.3. The average molecular weight is 1340 g/mol. The average Bonchev–Trinajstić information content (AvgIpc) is 1.65. The molecule has 4 aromatic carbocycles. The van der Waals surface area contributed by atoms with Crippen molar-refractivity contribution < 1.29 is 18.9 Å². The maximum atomic E-state index is 14.2. The first-order chi connectivity index (χ1) is 47.0. The maximum Gasteiger partial charge on any atom is 0.487 e. The van der Waals surface area contributed by atoms with E-state index >= 15 is 0 Å². The predicted molar refractivity (Wildman–Crippen MR) is 388 cm³/mol. The first-order valence-electron chi connectivity index (χ1n) is 31.1. The first kappa shape index (κ1) is 69.9. The van der Waals surface area contributed by atoms with E-state index in [0.717, 1.165) is 27.6 Å². The first-order valence-corrected chi connectivity index (χ1v) is 31.4. The van der Waals surface area contributed by atoms with Gasteiger partial charge >= 0.3 is 7.12 Å². The molecule has 9 aromatic heterocycles. The van der Waals surface area contributed by atoms with E-state index in [1.54, 1.807) is 97.7 Å². The molecule has 1 aliphatic heterocycles. The summed E-state index contributed by atoms with van der Waals surface area (Å²) < 4.78 is 23.0. The van der Waals surface area contributed by atoms with Crippen LogP contribution in [0.25, 0.3) is 62.4 Å². The molecule has 2 amide bonds. The number of carbonyl (C=O) groups excluding carboxylic acids is 2. The fourth-order valence-corrected chi connectivity index (χ4v) is 11.3. The summed E-state index contributed by atoms with van der Waals surface area (Å²) in [6.07, 6.45) is 28.2. The molecule has 497 valence electrons. The van der Waals surface area contributed by atoms with Crippen LogP contribution >= 0.6 is 11.6 Å². The number of nitrogens with one attached hydrogen (secondary N) is 2. The van der Waals surface area contributed by atoms with Crippen molar-refractivity contribution in [2.45, 2.75) is 64.8 Å². The van der Waals surface area contributed by atoms with Crippen LogP contribution in [0.2, 0.25) is 5.02 Å². The second-order valence-corrected chi connectivity index (χ2v) is 24.5. The Kier molecular flexibility index (Phi) is 20.9. The van der Waals surface area contributed by atoms with E-state index < -0.39 is 23.9 Å². The van der Waals surface area contributed by atoms with Gasteiger partial charge in [-0.15, -0.1) is 16.6 Å². The van der Waals surface area contributed by atoms with Crippen molar-refractivity contribution in [3.8, 4) is 23.7 Å². The number of hydrogen-bond donors (Lipinski definition) is 4. The number of terminal acetylenes is 1. The molecule has 1 aliphatic rings. The van der Waals surface area contributed by atoms with E-state index in [-0.39, 0.29) is 60.6 Å². The smallest absolute Gasteiger partial charge is 0.400 e. The van der Waals surface area contributed by atoms with Gasteiger partial charge in [-0.3, -0.25) is 42.4 Å². The summed E-state index contributed by atoms with van der Waals surface area (Å²) in [4.78, 5) is 62.8. The van der Waals surface area contributed by atoms with Gasteiger partial charge < -0.3 is 31.4 Å². The minimum Gasteiger partial charge on any atom is -0.400 e. The Balaban J connectivity index is 0.000000160. The standard InChI is InChI=1S/C30H26N8O2.C24H19ClN6O2.C12H19BN2O2.C6H6N2.B/c1-19(34-29(39)26-27(31)35-37-15-7-14-32-28(26)37)24-16-22-9-6-8-21(13-12-20-17-33-36(2)18-20)25(22)30(40)38(24)23-10-4-3-5-11-23;1-14(28-23(32)20-21(26)29-30-12-6-11-27-22(20)30)18-13-15-7-5-10-17(25)19(15)24(33)31(18)16-8-3-2-4-9-16;1-11(2)12(3,4)17-13(16-11)7-6-10-8-14-15(5)9-10;1-3-6-4-7-8(2)5-6;/h3-19H,1-2H3,(H2,31,35)(H,34,39);2-14H,1H3,(H2,26,29)(H,28,32);6-9H,1-5H3;1,4-5H,2H3;/b13-12+;;7-6+;;/t19-;14-;;;/m00.../s1. The van der Waals surface area contributed by atoms with Crippen molar-refractivity contribution >= 4 is 102 Å². The number of aromatic nitrogens is 14. The highest BCUT2D eigenvalue weighted by atomic mass is 35.5. The van der Waals surface area contributed by atoms with Gasteiger partial charge in [-0.05, 0) is 112 Å². The Morgan fingerprint density at radius 3 is 1.52 bits per heavy atom. The lowest BCUT2D eigenvalue weighted by Gasteiger charge is -2.32. The topological polar surface area (TPSA) is 287 Å². The molecule has 10 heterocycles. The molecule has 0 aliphatic carbocycles. The fourth-order valence-electron chi connectivity index (χ4n) is 11.0. The number of nitrogens with two attached hydrogens (primary N) is 2. The molecule has 3 radical (unpaired) electrons. The van der Waals surface area contributed by atoms with E-state index in [2.05, 4.69) is 52.0 Å².